The molecule has 1 N–H and O–H groups in total. The molecular formula is C21H22N2O5S. The molecule has 0 spiro atoms. The summed E-state index contributed by atoms with van der Waals surface area (Å²) in [6.07, 6.45) is 1.04. The number of anilines is 2. The lowest BCUT2D eigenvalue weighted by Crippen LogP contribution is -2.21. The average molecular weight is 414 g/mol. The lowest BCUT2D eigenvalue weighted by molar-refractivity contribution is 0.103. The first-order valence-corrected chi connectivity index (χ1v) is 11.1. The van der Waals surface area contributed by atoms with Crippen LogP contribution in [0.3, 0.4) is 0 Å². The van der Waals surface area contributed by atoms with E-state index in [1.54, 1.807) is 6.07 Å². The van der Waals surface area contributed by atoms with Crippen LogP contribution in [0.1, 0.15) is 29.8 Å². The number of carbonyl (C=O) groups is 1. The topological polar surface area (TPSA) is 96.7 Å². The number of fused-ring (bicyclic) bond motifs is 1. The van der Waals surface area contributed by atoms with Crippen LogP contribution in [0.25, 0.3) is 11.0 Å². The molecule has 2 aromatic carbocycles. The molecule has 0 aliphatic heterocycles. The number of rotatable bonds is 7. The van der Waals surface area contributed by atoms with Crippen molar-refractivity contribution in [1.29, 1.82) is 0 Å². The Morgan fingerprint density at radius 3 is 2.28 bits per heavy atom. The molecule has 152 valence electrons. The minimum absolute atomic E-state index is 0.0723. The van der Waals surface area contributed by atoms with Crippen LogP contribution in [0.4, 0.5) is 11.4 Å². The average Bonchev–Trinajstić information content (AvgIpc) is 2.67. The van der Waals surface area contributed by atoms with Crippen molar-refractivity contribution in [2.24, 2.45) is 0 Å². The molecule has 29 heavy (non-hydrogen) atoms. The maximum Gasteiger partial charge on any atom is 0.347 e. The van der Waals surface area contributed by atoms with E-state index in [2.05, 4.69) is 9.62 Å². The van der Waals surface area contributed by atoms with Gasteiger partial charge in [0.2, 0.25) is 10.0 Å². The zero-order valence-electron chi connectivity index (χ0n) is 16.4. The molecule has 0 fully saturated rings. The highest BCUT2D eigenvalue weighted by atomic mass is 32.2. The molecule has 0 atom stereocenters. The molecule has 8 heteroatoms. The van der Waals surface area contributed by atoms with E-state index in [1.165, 1.54) is 30.3 Å². The van der Waals surface area contributed by atoms with E-state index in [4.69, 9.17) is 4.42 Å². The molecule has 0 aliphatic carbocycles. The molecule has 3 rings (SSSR count). The molecule has 0 aliphatic rings. The van der Waals surface area contributed by atoms with Gasteiger partial charge in [0.05, 0.1) is 6.26 Å². The summed E-state index contributed by atoms with van der Waals surface area (Å²) in [6, 6.07) is 12.9. The third kappa shape index (κ3) is 4.65. The first-order valence-electron chi connectivity index (χ1n) is 9.17. The second-order valence-corrected chi connectivity index (χ2v) is 8.37. The monoisotopic (exact) mass is 414 g/mol. The Kier molecular flexibility index (Phi) is 5.74. The van der Waals surface area contributed by atoms with Gasteiger partial charge in [0.1, 0.15) is 11.1 Å². The third-order valence-electron chi connectivity index (χ3n) is 4.54. The van der Waals surface area contributed by atoms with Crippen molar-refractivity contribution in [3.63, 3.8) is 0 Å². The highest BCUT2D eigenvalue weighted by Crippen LogP contribution is 2.23. The summed E-state index contributed by atoms with van der Waals surface area (Å²) >= 11 is 0. The molecule has 0 saturated carbocycles. The Balaban J connectivity index is 1.95. The fourth-order valence-electron chi connectivity index (χ4n) is 3.10. The molecule has 1 aromatic heterocycles. The number of hydrogen-bond acceptors (Lipinski definition) is 6. The third-order valence-corrected chi connectivity index (χ3v) is 5.15. The van der Waals surface area contributed by atoms with E-state index in [1.807, 2.05) is 26.0 Å². The number of ketones is 1. The fourth-order valence-corrected chi connectivity index (χ4v) is 3.67. The summed E-state index contributed by atoms with van der Waals surface area (Å²) in [5.74, 6) is -0.487. The summed E-state index contributed by atoms with van der Waals surface area (Å²) < 4.78 is 30.3. The Morgan fingerprint density at radius 2 is 1.69 bits per heavy atom. The van der Waals surface area contributed by atoms with Crippen molar-refractivity contribution in [2.75, 3.05) is 29.0 Å². The standard InChI is InChI=1S/C21H22N2O5S/c1-4-23(5-2)17-11-8-15-12-18(21(25)28-19(15)13-17)20(24)14-6-9-16(10-7-14)22-29(3,26)27/h6-13,22H,4-5H2,1-3H3. The van der Waals surface area contributed by atoms with E-state index >= 15 is 0 Å². The summed E-state index contributed by atoms with van der Waals surface area (Å²) in [7, 11) is -3.41. The van der Waals surface area contributed by atoms with Gasteiger partial charge < -0.3 is 9.32 Å². The van der Waals surface area contributed by atoms with Crippen molar-refractivity contribution in [3.8, 4) is 0 Å². The van der Waals surface area contributed by atoms with Gasteiger partial charge in [-0.15, -0.1) is 0 Å². The van der Waals surface area contributed by atoms with Crippen LogP contribution in [0.15, 0.2) is 57.7 Å². The highest BCUT2D eigenvalue weighted by Gasteiger charge is 2.17. The Morgan fingerprint density at radius 1 is 1.03 bits per heavy atom. The molecule has 0 bridgehead atoms. The van der Waals surface area contributed by atoms with Gasteiger partial charge in [0.15, 0.2) is 5.78 Å². The molecule has 0 radical (unpaired) electrons. The molecular weight excluding hydrogens is 392 g/mol. The van der Waals surface area contributed by atoms with Crippen LogP contribution in [0.5, 0.6) is 0 Å². The maximum atomic E-state index is 12.8. The van der Waals surface area contributed by atoms with Crippen LogP contribution in [0, 0.1) is 0 Å². The van der Waals surface area contributed by atoms with Crippen LogP contribution >= 0.6 is 0 Å². The van der Waals surface area contributed by atoms with Crippen molar-refractivity contribution >= 4 is 38.2 Å². The summed E-state index contributed by atoms with van der Waals surface area (Å²) in [6.45, 7) is 5.74. The van der Waals surface area contributed by atoms with Gasteiger partial charge in [-0.25, -0.2) is 13.2 Å². The quantitative estimate of drug-likeness (QED) is 0.471. The number of hydrogen-bond donors (Lipinski definition) is 1. The molecule has 0 saturated heterocycles. The lowest BCUT2D eigenvalue weighted by Gasteiger charge is -2.20. The van der Waals surface area contributed by atoms with E-state index in [9.17, 15) is 18.0 Å². The number of benzene rings is 2. The largest absolute Gasteiger partial charge is 0.422 e. The minimum Gasteiger partial charge on any atom is -0.422 e. The Labute approximate surface area is 169 Å². The maximum absolute atomic E-state index is 12.8. The van der Waals surface area contributed by atoms with Crippen molar-refractivity contribution in [2.45, 2.75) is 13.8 Å². The fraction of sp³-hybridized carbons (Fsp3) is 0.238. The van der Waals surface area contributed by atoms with Gasteiger partial charge in [-0.1, -0.05) is 0 Å². The number of sulfonamides is 1. The van der Waals surface area contributed by atoms with E-state index in [-0.39, 0.29) is 11.1 Å². The van der Waals surface area contributed by atoms with Crippen LogP contribution in [-0.4, -0.2) is 33.5 Å². The van der Waals surface area contributed by atoms with E-state index in [0.717, 1.165) is 25.0 Å². The van der Waals surface area contributed by atoms with Crippen molar-refractivity contribution < 1.29 is 17.6 Å². The van der Waals surface area contributed by atoms with Gasteiger partial charge in [-0.3, -0.25) is 9.52 Å². The Hall–Kier alpha value is -3.13. The van der Waals surface area contributed by atoms with E-state index in [0.29, 0.717) is 16.7 Å². The smallest absolute Gasteiger partial charge is 0.347 e. The van der Waals surface area contributed by atoms with Crippen molar-refractivity contribution in [3.05, 3.63) is 70.1 Å². The van der Waals surface area contributed by atoms with Gasteiger partial charge in [0, 0.05) is 41.5 Å². The van der Waals surface area contributed by atoms with E-state index < -0.39 is 21.4 Å². The SMILES string of the molecule is CCN(CC)c1ccc2cc(C(=O)c3ccc(NS(C)(=O)=O)cc3)c(=O)oc2c1. The number of carbonyl (C=O) groups excluding carboxylic acids is 1. The predicted molar refractivity (Wildman–Crippen MR) is 114 cm³/mol. The van der Waals surface area contributed by atoms with Crippen LogP contribution in [-0.2, 0) is 10.0 Å². The number of nitrogens with zero attached hydrogens (tertiary/aromatic N) is 1. The summed E-state index contributed by atoms with van der Waals surface area (Å²) in [5.41, 5.74) is 1.17. The molecule has 1 heterocycles. The lowest BCUT2D eigenvalue weighted by atomic mass is 10.0. The van der Waals surface area contributed by atoms with Crippen molar-refractivity contribution in [1.82, 2.24) is 0 Å². The molecule has 3 aromatic rings. The second-order valence-electron chi connectivity index (χ2n) is 6.62. The summed E-state index contributed by atoms with van der Waals surface area (Å²) in [4.78, 5) is 27.3. The number of nitrogens with one attached hydrogen (secondary N) is 1. The van der Waals surface area contributed by atoms with Crippen LogP contribution in [0.2, 0.25) is 0 Å². The van der Waals surface area contributed by atoms with Gasteiger partial charge >= 0.3 is 5.63 Å². The predicted octanol–water partition coefficient (Wildman–Crippen LogP) is 3.24. The Bertz CT molecular complexity index is 1210. The van der Waals surface area contributed by atoms with Gasteiger partial charge in [-0.05, 0) is 56.3 Å². The summed E-state index contributed by atoms with van der Waals surface area (Å²) in [5, 5.41) is 0.652. The molecule has 0 unspecified atom stereocenters. The van der Waals surface area contributed by atoms with Crippen LogP contribution < -0.4 is 15.2 Å². The van der Waals surface area contributed by atoms with Gasteiger partial charge in [0.25, 0.3) is 0 Å². The highest BCUT2D eigenvalue weighted by molar-refractivity contribution is 7.92. The first-order chi connectivity index (χ1) is 13.7. The zero-order valence-corrected chi connectivity index (χ0v) is 17.2. The van der Waals surface area contributed by atoms with Gasteiger partial charge in [-0.2, -0.15) is 0 Å². The second kappa shape index (κ2) is 8.08. The zero-order chi connectivity index (χ0) is 21.2. The minimum atomic E-state index is -3.41. The normalized spacial score (nSPS) is 11.4. The molecule has 7 nitrogen and oxygen atoms in total. The first kappa shape index (κ1) is 20.6. The molecule has 0 amide bonds.